The lowest BCUT2D eigenvalue weighted by atomic mass is 9.82. The third-order valence-electron chi connectivity index (χ3n) is 6.57. The highest BCUT2D eigenvalue weighted by molar-refractivity contribution is 7.91. The fourth-order valence-corrected chi connectivity index (χ4v) is 5.54. The van der Waals surface area contributed by atoms with Gasteiger partial charge >= 0.3 is 6.18 Å². The van der Waals surface area contributed by atoms with E-state index in [2.05, 4.69) is 20.7 Å². The quantitative estimate of drug-likeness (QED) is 0.454. The second-order valence-corrected chi connectivity index (χ2v) is 11.8. The Hall–Kier alpha value is -4.45. The van der Waals surface area contributed by atoms with Crippen molar-refractivity contribution < 1.29 is 35.9 Å². The number of anilines is 1. The van der Waals surface area contributed by atoms with Crippen LogP contribution >= 0.6 is 0 Å². The van der Waals surface area contributed by atoms with E-state index >= 15 is 0 Å². The van der Waals surface area contributed by atoms with Crippen molar-refractivity contribution in [3.05, 3.63) is 64.5 Å². The lowest BCUT2D eigenvalue weighted by Crippen LogP contribution is -2.49. The van der Waals surface area contributed by atoms with E-state index in [1.165, 1.54) is 35.1 Å². The van der Waals surface area contributed by atoms with E-state index in [1.54, 1.807) is 6.07 Å². The molecule has 0 unspecified atom stereocenters. The molecular weight excluding hydrogens is 553 g/mol. The van der Waals surface area contributed by atoms with Gasteiger partial charge in [0.25, 0.3) is 5.91 Å². The SMILES string of the molecule is CS(=O)(=O)CC(=O)Nc1c2c(nn1-c1ccc(C#N)cn1)C[C@]1(CCc3cc(OCC(F)(F)F)ccc31)NC2=O. The number of halogens is 3. The third kappa shape index (κ3) is 5.34. The Labute approximate surface area is 225 Å². The third-order valence-corrected chi connectivity index (χ3v) is 7.35. The van der Waals surface area contributed by atoms with Crippen molar-refractivity contribution in [1.82, 2.24) is 20.1 Å². The Balaban J connectivity index is 1.53. The number of hydrogen-bond donors (Lipinski definition) is 2. The molecule has 208 valence electrons. The summed E-state index contributed by atoms with van der Waals surface area (Å²) in [6, 6.07) is 9.42. The molecule has 1 spiro atoms. The second-order valence-electron chi connectivity index (χ2n) is 9.65. The van der Waals surface area contributed by atoms with Gasteiger partial charge in [0.2, 0.25) is 5.91 Å². The molecule has 2 aromatic heterocycles. The molecule has 11 nitrogen and oxygen atoms in total. The van der Waals surface area contributed by atoms with Gasteiger partial charge in [-0.3, -0.25) is 9.59 Å². The van der Waals surface area contributed by atoms with Crippen molar-refractivity contribution in [2.45, 2.75) is 31.0 Å². The van der Waals surface area contributed by atoms with Crippen LogP contribution in [0.25, 0.3) is 5.82 Å². The van der Waals surface area contributed by atoms with Gasteiger partial charge in [-0.1, -0.05) is 6.07 Å². The highest BCUT2D eigenvalue weighted by Crippen LogP contribution is 2.44. The van der Waals surface area contributed by atoms with Crippen LogP contribution in [0, 0.1) is 11.3 Å². The van der Waals surface area contributed by atoms with Crippen molar-refractivity contribution in [1.29, 1.82) is 5.26 Å². The molecule has 0 saturated heterocycles. The zero-order valence-corrected chi connectivity index (χ0v) is 21.7. The molecule has 0 bridgehead atoms. The van der Waals surface area contributed by atoms with Crippen LogP contribution in [0.4, 0.5) is 19.0 Å². The van der Waals surface area contributed by atoms with Crippen LogP contribution in [-0.4, -0.2) is 59.8 Å². The molecule has 0 fully saturated rings. The normalized spacial score (nSPS) is 18.0. The van der Waals surface area contributed by atoms with E-state index in [9.17, 15) is 31.2 Å². The maximum atomic E-state index is 13.5. The van der Waals surface area contributed by atoms with Crippen LogP contribution in [0.1, 0.15) is 39.2 Å². The number of nitriles is 1. The van der Waals surface area contributed by atoms with E-state index in [0.29, 0.717) is 24.1 Å². The fraction of sp³-hybridized carbons (Fsp3) is 0.320. The van der Waals surface area contributed by atoms with Crippen LogP contribution < -0.4 is 15.4 Å². The number of aromatic nitrogens is 3. The van der Waals surface area contributed by atoms with E-state index < -0.39 is 45.7 Å². The lowest BCUT2D eigenvalue weighted by molar-refractivity contribution is -0.153. The smallest absolute Gasteiger partial charge is 0.422 e. The maximum Gasteiger partial charge on any atom is 0.422 e. The van der Waals surface area contributed by atoms with Gasteiger partial charge in [-0.2, -0.15) is 28.2 Å². The van der Waals surface area contributed by atoms with E-state index in [0.717, 1.165) is 11.8 Å². The number of carbonyl (C=O) groups excluding carboxylic acids is 2. The minimum atomic E-state index is -4.48. The topological polar surface area (TPSA) is 156 Å². The van der Waals surface area contributed by atoms with Crippen LogP contribution in [0.3, 0.4) is 0 Å². The molecule has 0 radical (unpaired) electrons. The number of ether oxygens (including phenoxy) is 1. The number of sulfone groups is 1. The number of fused-ring (bicyclic) bond motifs is 3. The molecule has 2 amide bonds. The fourth-order valence-electron chi connectivity index (χ4n) is 5.00. The Morgan fingerprint density at radius 3 is 2.73 bits per heavy atom. The van der Waals surface area contributed by atoms with Crippen molar-refractivity contribution in [3.8, 4) is 17.6 Å². The van der Waals surface area contributed by atoms with Gasteiger partial charge in [-0.15, -0.1) is 0 Å². The number of hydrogen-bond acceptors (Lipinski definition) is 8. The minimum Gasteiger partial charge on any atom is -0.484 e. The number of carbonyl (C=O) groups is 2. The van der Waals surface area contributed by atoms with Crippen LogP contribution in [-0.2, 0) is 33.0 Å². The average molecular weight is 575 g/mol. The second kappa shape index (κ2) is 9.63. The molecule has 3 aromatic rings. The summed E-state index contributed by atoms with van der Waals surface area (Å²) in [5, 5.41) is 19.1. The predicted octanol–water partition coefficient (Wildman–Crippen LogP) is 2.19. The molecule has 15 heteroatoms. The molecule has 1 aromatic carbocycles. The zero-order valence-electron chi connectivity index (χ0n) is 20.9. The Kier molecular flexibility index (Phi) is 6.53. The molecule has 2 aliphatic rings. The van der Waals surface area contributed by atoms with Gasteiger partial charge in [0.15, 0.2) is 28.1 Å². The largest absolute Gasteiger partial charge is 0.484 e. The Morgan fingerprint density at radius 2 is 2.08 bits per heavy atom. The first kappa shape index (κ1) is 27.1. The first-order valence-electron chi connectivity index (χ1n) is 11.9. The van der Waals surface area contributed by atoms with Crippen molar-refractivity contribution in [2.75, 3.05) is 23.9 Å². The molecule has 1 atom stereocenters. The summed E-state index contributed by atoms with van der Waals surface area (Å²) in [7, 11) is -3.68. The highest BCUT2D eigenvalue weighted by Gasteiger charge is 2.47. The van der Waals surface area contributed by atoms with Crippen molar-refractivity contribution in [3.63, 3.8) is 0 Å². The Morgan fingerprint density at radius 1 is 1.30 bits per heavy atom. The number of nitrogens with one attached hydrogen (secondary N) is 2. The van der Waals surface area contributed by atoms with E-state index in [4.69, 9.17) is 10.00 Å². The van der Waals surface area contributed by atoms with Gasteiger partial charge in [0, 0.05) is 18.9 Å². The molecule has 2 N–H and O–H groups in total. The van der Waals surface area contributed by atoms with Crippen LogP contribution in [0.15, 0.2) is 36.5 Å². The van der Waals surface area contributed by atoms with Crippen LogP contribution in [0.5, 0.6) is 5.75 Å². The van der Waals surface area contributed by atoms with E-state index in [1.807, 2.05) is 6.07 Å². The average Bonchev–Trinajstić information content (AvgIpc) is 3.39. The summed E-state index contributed by atoms with van der Waals surface area (Å²) in [4.78, 5) is 30.3. The summed E-state index contributed by atoms with van der Waals surface area (Å²) in [6.07, 6.45) is -1.22. The Bertz CT molecular complexity index is 1680. The van der Waals surface area contributed by atoms with Crippen molar-refractivity contribution >= 4 is 27.5 Å². The summed E-state index contributed by atoms with van der Waals surface area (Å²) in [5.74, 6) is -2.15. The van der Waals surface area contributed by atoms with Crippen molar-refractivity contribution in [2.24, 2.45) is 0 Å². The van der Waals surface area contributed by atoms with Gasteiger partial charge in [-0.05, 0) is 48.2 Å². The number of aryl methyl sites for hydroxylation is 1. The van der Waals surface area contributed by atoms with Gasteiger partial charge in [0.1, 0.15) is 23.1 Å². The molecule has 5 rings (SSSR count). The zero-order chi connectivity index (χ0) is 28.9. The van der Waals surface area contributed by atoms with Gasteiger partial charge in [-0.25, -0.2) is 13.4 Å². The molecule has 3 heterocycles. The van der Waals surface area contributed by atoms with Crippen LogP contribution in [0.2, 0.25) is 0 Å². The maximum absolute atomic E-state index is 13.5. The predicted molar refractivity (Wildman–Crippen MR) is 134 cm³/mol. The molecular formula is C25H21F3N6O5S. The number of rotatable bonds is 6. The van der Waals surface area contributed by atoms with Gasteiger partial charge in [0.05, 0.1) is 16.8 Å². The number of benzene rings is 1. The summed E-state index contributed by atoms with van der Waals surface area (Å²) in [5.41, 5.74) is 1.11. The summed E-state index contributed by atoms with van der Waals surface area (Å²) < 4.78 is 67.2. The monoisotopic (exact) mass is 574 g/mol. The molecule has 40 heavy (non-hydrogen) atoms. The molecule has 0 saturated carbocycles. The number of nitrogens with zero attached hydrogens (tertiary/aromatic N) is 4. The number of amides is 2. The van der Waals surface area contributed by atoms with Gasteiger partial charge < -0.3 is 15.4 Å². The van der Waals surface area contributed by atoms with E-state index in [-0.39, 0.29) is 34.9 Å². The minimum absolute atomic E-state index is 0.0252. The lowest BCUT2D eigenvalue weighted by Gasteiger charge is -2.35. The highest BCUT2D eigenvalue weighted by atomic mass is 32.2. The first-order valence-corrected chi connectivity index (χ1v) is 13.9. The standard InChI is InChI=1S/C25H21F3N6O5S/c1-40(37,38)12-20(35)31-22-21-18(33-34(22)19-5-2-14(10-29)11-30-19)9-24(32-23(21)36)7-6-15-8-16(3-4-17(15)24)39-13-25(26,27)28/h2-5,8,11H,6-7,9,12-13H2,1H3,(H,31,35)(H,32,36)/t24-/m0/s1. The molecule has 1 aliphatic heterocycles. The first-order chi connectivity index (χ1) is 18.8. The number of alkyl halides is 3. The molecule has 1 aliphatic carbocycles. The number of pyridine rings is 1. The summed E-state index contributed by atoms with van der Waals surface area (Å²) in [6.45, 7) is -1.42. The summed E-state index contributed by atoms with van der Waals surface area (Å²) >= 11 is 0.